The molecule has 2 heterocycles. The van der Waals surface area contributed by atoms with Gasteiger partial charge in [-0.1, -0.05) is 24.3 Å². The molecule has 1 aromatic heterocycles. The second kappa shape index (κ2) is 6.59. The van der Waals surface area contributed by atoms with E-state index < -0.39 is 0 Å². The third kappa shape index (κ3) is 3.11. The Hall–Kier alpha value is -2.43. The Bertz CT molecular complexity index is 839. The van der Waals surface area contributed by atoms with Crippen molar-refractivity contribution in [3.8, 4) is 16.9 Å². The van der Waals surface area contributed by atoms with Crippen LogP contribution in [0.4, 0.5) is 0 Å². The average Bonchev–Trinajstić information content (AvgIpc) is 2.63. The van der Waals surface area contributed by atoms with Crippen molar-refractivity contribution in [1.29, 1.82) is 0 Å². The number of hydrogen-bond acceptors (Lipinski definition) is 4. The van der Waals surface area contributed by atoms with E-state index in [1.807, 2.05) is 24.5 Å². The van der Waals surface area contributed by atoms with Crippen LogP contribution in [-0.2, 0) is 6.54 Å². The molecule has 0 spiro atoms. The van der Waals surface area contributed by atoms with Crippen LogP contribution in [0.2, 0.25) is 0 Å². The van der Waals surface area contributed by atoms with Gasteiger partial charge in [0, 0.05) is 56.1 Å². The number of piperazine rings is 1. The Morgan fingerprint density at radius 2 is 1.79 bits per heavy atom. The van der Waals surface area contributed by atoms with E-state index in [1.54, 1.807) is 12.1 Å². The van der Waals surface area contributed by atoms with Crippen molar-refractivity contribution in [3.63, 3.8) is 0 Å². The first-order valence-electron chi connectivity index (χ1n) is 8.39. The Labute approximate surface area is 141 Å². The summed E-state index contributed by atoms with van der Waals surface area (Å²) in [7, 11) is 0. The number of phenols is 1. The summed E-state index contributed by atoms with van der Waals surface area (Å²) >= 11 is 0. The van der Waals surface area contributed by atoms with Crippen LogP contribution in [0.15, 0.2) is 54.9 Å². The van der Waals surface area contributed by atoms with E-state index in [1.165, 1.54) is 10.9 Å². The number of aromatic hydroxyl groups is 1. The Balaban J connectivity index is 1.71. The Kier molecular flexibility index (Phi) is 4.15. The standard InChI is InChI=1S/C20H21N3O/c24-18-5-3-16(4-6-18)20-13-22-12-17-2-1-15(11-19(17)20)14-23-9-7-21-8-10-23/h1-6,11-13,21,24H,7-10,14H2. The van der Waals surface area contributed by atoms with Crippen molar-refractivity contribution >= 4 is 10.8 Å². The molecular formula is C20H21N3O. The molecule has 1 fully saturated rings. The number of aromatic nitrogens is 1. The lowest BCUT2D eigenvalue weighted by atomic mass is 9.99. The number of fused-ring (bicyclic) bond motifs is 1. The first-order valence-corrected chi connectivity index (χ1v) is 8.39. The van der Waals surface area contributed by atoms with Gasteiger partial charge in [-0.3, -0.25) is 9.88 Å². The smallest absolute Gasteiger partial charge is 0.115 e. The zero-order valence-electron chi connectivity index (χ0n) is 13.6. The highest BCUT2D eigenvalue weighted by Crippen LogP contribution is 2.29. The minimum atomic E-state index is 0.284. The van der Waals surface area contributed by atoms with Crippen LogP contribution in [0.1, 0.15) is 5.56 Å². The summed E-state index contributed by atoms with van der Waals surface area (Å²) in [5.41, 5.74) is 3.51. The van der Waals surface area contributed by atoms with Crippen LogP contribution in [0.5, 0.6) is 5.75 Å². The van der Waals surface area contributed by atoms with E-state index in [0.29, 0.717) is 0 Å². The molecule has 122 valence electrons. The molecule has 1 aliphatic rings. The molecule has 0 amide bonds. The van der Waals surface area contributed by atoms with E-state index in [4.69, 9.17) is 0 Å². The van der Waals surface area contributed by atoms with Gasteiger partial charge in [0.1, 0.15) is 5.75 Å². The third-order valence-corrected chi connectivity index (χ3v) is 4.62. The molecule has 2 N–H and O–H groups in total. The number of benzene rings is 2. The molecular weight excluding hydrogens is 298 g/mol. The molecule has 1 aliphatic heterocycles. The maximum Gasteiger partial charge on any atom is 0.115 e. The lowest BCUT2D eigenvalue weighted by molar-refractivity contribution is 0.233. The molecule has 3 aromatic rings. The van der Waals surface area contributed by atoms with Gasteiger partial charge in [-0.05, 0) is 34.7 Å². The highest BCUT2D eigenvalue weighted by atomic mass is 16.3. The van der Waals surface area contributed by atoms with Gasteiger partial charge in [0.15, 0.2) is 0 Å². The number of nitrogens with zero attached hydrogens (tertiary/aromatic N) is 2. The molecule has 0 unspecified atom stereocenters. The SMILES string of the molecule is Oc1ccc(-c2cncc3ccc(CN4CCNCC4)cc23)cc1. The minimum Gasteiger partial charge on any atom is -0.508 e. The zero-order valence-corrected chi connectivity index (χ0v) is 13.6. The van der Waals surface area contributed by atoms with Gasteiger partial charge in [0.05, 0.1) is 0 Å². The van der Waals surface area contributed by atoms with Crippen molar-refractivity contribution in [2.75, 3.05) is 26.2 Å². The van der Waals surface area contributed by atoms with Crippen LogP contribution in [0, 0.1) is 0 Å². The molecule has 0 aliphatic carbocycles. The number of pyridine rings is 1. The summed E-state index contributed by atoms with van der Waals surface area (Å²) in [6.45, 7) is 5.31. The van der Waals surface area contributed by atoms with Crippen LogP contribution >= 0.6 is 0 Å². The van der Waals surface area contributed by atoms with Crippen LogP contribution in [0.25, 0.3) is 21.9 Å². The van der Waals surface area contributed by atoms with E-state index in [0.717, 1.165) is 49.2 Å². The second-order valence-electron chi connectivity index (χ2n) is 6.32. The topological polar surface area (TPSA) is 48.4 Å². The molecule has 4 heteroatoms. The van der Waals surface area contributed by atoms with E-state index in [-0.39, 0.29) is 5.75 Å². The molecule has 1 saturated heterocycles. The number of phenolic OH excluding ortho intramolecular Hbond substituents is 1. The molecule has 2 aromatic carbocycles. The van der Waals surface area contributed by atoms with Crippen molar-refractivity contribution < 1.29 is 5.11 Å². The monoisotopic (exact) mass is 319 g/mol. The lowest BCUT2D eigenvalue weighted by Gasteiger charge is -2.27. The summed E-state index contributed by atoms with van der Waals surface area (Å²) in [5.74, 6) is 0.284. The first-order chi connectivity index (χ1) is 11.8. The van der Waals surface area contributed by atoms with Crippen LogP contribution in [0.3, 0.4) is 0 Å². The predicted octanol–water partition coefficient (Wildman–Crippen LogP) is 3.01. The summed E-state index contributed by atoms with van der Waals surface area (Å²) in [6, 6.07) is 14.0. The second-order valence-corrected chi connectivity index (χ2v) is 6.32. The largest absolute Gasteiger partial charge is 0.508 e. The van der Waals surface area contributed by atoms with Gasteiger partial charge >= 0.3 is 0 Å². The molecule has 24 heavy (non-hydrogen) atoms. The molecule has 0 saturated carbocycles. The van der Waals surface area contributed by atoms with E-state index in [2.05, 4.69) is 33.4 Å². The fraction of sp³-hybridized carbons (Fsp3) is 0.250. The molecule has 0 bridgehead atoms. The van der Waals surface area contributed by atoms with Gasteiger partial charge in [0.2, 0.25) is 0 Å². The maximum atomic E-state index is 9.52. The van der Waals surface area contributed by atoms with Crippen LogP contribution < -0.4 is 5.32 Å². The number of hydrogen-bond donors (Lipinski definition) is 2. The highest BCUT2D eigenvalue weighted by molar-refractivity contribution is 5.96. The summed E-state index contributed by atoms with van der Waals surface area (Å²) in [5, 5.41) is 15.3. The lowest BCUT2D eigenvalue weighted by Crippen LogP contribution is -2.42. The first kappa shape index (κ1) is 15.1. The van der Waals surface area contributed by atoms with E-state index in [9.17, 15) is 5.11 Å². The fourth-order valence-corrected chi connectivity index (χ4v) is 3.31. The quantitative estimate of drug-likeness (QED) is 0.779. The maximum absolute atomic E-state index is 9.52. The van der Waals surface area contributed by atoms with Gasteiger partial charge in [-0.15, -0.1) is 0 Å². The van der Waals surface area contributed by atoms with Gasteiger partial charge in [0.25, 0.3) is 0 Å². The van der Waals surface area contributed by atoms with Gasteiger partial charge < -0.3 is 10.4 Å². The minimum absolute atomic E-state index is 0.284. The third-order valence-electron chi connectivity index (χ3n) is 4.62. The van der Waals surface area contributed by atoms with Gasteiger partial charge in [-0.25, -0.2) is 0 Å². The highest BCUT2D eigenvalue weighted by Gasteiger charge is 2.11. The summed E-state index contributed by atoms with van der Waals surface area (Å²) < 4.78 is 0. The van der Waals surface area contributed by atoms with Crippen molar-refractivity contribution in [3.05, 3.63) is 60.4 Å². The molecule has 4 nitrogen and oxygen atoms in total. The Morgan fingerprint density at radius 1 is 1.00 bits per heavy atom. The molecule has 4 rings (SSSR count). The van der Waals surface area contributed by atoms with Crippen LogP contribution in [-0.4, -0.2) is 41.2 Å². The summed E-state index contributed by atoms with van der Waals surface area (Å²) in [4.78, 5) is 6.86. The Morgan fingerprint density at radius 3 is 2.58 bits per heavy atom. The normalized spacial score (nSPS) is 15.7. The predicted molar refractivity (Wildman–Crippen MR) is 97.0 cm³/mol. The fourth-order valence-electron chi connectivity index (χ4n) is 3.31. The number of nitrogens with one attached hydrogen (secondary N) is 1. The molecule has 0 radical (unpaired) electrons. The van der Waals surface area contributed by atoms with Gasteiger partial charge in [-0.2, -0.15) is 0 Å². The molecule has 0 atom stereocenters. The average molecular weight is 319 g/mol. The van der Waals surface area contributed by atoms with Crippen molar-refractivity contribution in [1.82, 2.24) is 15.2 Å². The summed E-state index contributed by atoms with van der Waals surface area (Å²) in [6.07, 6.45) is 3.82. The van der Waals surface area contributed by atoms with Crippen molar-refractivity contribution in [2.24, 2.45) is 0 Å². The van der Waals surface area contributed by atoms with E-state index >= 15 is 0 Å². The number of rotatable bonds is 3. The van der Waals surface area contributed by atoms with Crippen molar-refractivity contribution in [2.45, 2.75) is 6.54 Å². The zero-order chi connectivity index (χ0) is 16.4.